The van der Waals surface area contributed by atoms with Crippen molar-refractivity contribution in [3.05, 3.63) is 104 Å². The summed E-state index contributed by atoms with van der Waals surface area (Å²) in [4.78, 5) is 20.3. The first kappa shape index (κ1) is 36.5. The molecule has 8 heteroatoms. The Balaban J connectivity index is 1.09. The van der Waals surface area contributed by atoms with E-state index in [1.807, 2.05) is 42.5 Å². The highest BCUT2D eigenvalue weighted by molar-refractivity contribution is 7.14. The summed E-state index contributed by atoms with van der Waals surface area (Å²) in [5, 5.41) is 37.5. The minimum absolute atomic E-state index is 0.0607. The fraction of sp³-hybridized carbons (Fsp3) is 0.568. The molecule has 9 unspecified atom stereocenters. The predicted molar refractivity (Wildman–Crippen MR) is 209 cm³/mol. The molecular weight excluding hydrogens is 687 g/mol. The van der Waals surface area contributed by atoms with Crippen LogP contribution in [-0.4, -0.2) is 70.1 Å². The minimum Gasteiger partial charge on any atom is -0.393 e. The Morgan fingerprint density at radius 2 is 1.75 bits per heavy atom. The van der Waals surface area contributed by atoms with E-state index < -0.39 is 22.5 Å². The summed E-state index contributed by atoms with van der Waals surface area (Å²) < 4.78 is 5.96. The second-order valence-electron chi connectivity index (χ2n) is 17.3. The summed E-state index contributed by atoms with van der Waals surface area (Å²) in [6, 6.07) is 18.3. The van der Waals surface area contributed by atoms with E-state index in [9.17, 15) is 20.1 Å². The summed E-state index contributed by atoms with van der Waals surface area (Å²) in [5.74, 6) is 0.489. The largest absolute Gasteiger partial charge is 0.393 e. The van der Waals surface area contributed by atoms with Crippen LogP contribution in [0.1, 0.15) is 83.8 Å². The lowest BCUT2D eigenvalue weighted by Gasteiger charge is -2.71. The van der Waals surface area contributed by atoms with Crippen molar-refractivity contribution in [2.45, 2.75) is 96.6 Å². The van der Waals surface area contributed by atoms with Crippen molar-refractivity contribution < 1.29 is 24.9 Å². The number of fused-ring (bicyclic) bond motifs is 1. The van der Waals surface area contributed by atoms with E-state index in [4.69, 9.17) is 4.74 Å². The van der Waals surface area contributed by atoms with Gasteiger partial charge in [-0.15, -0.1) is 22.7 Å². The van der Waals surface area contributed by atoms with E-state index in [2.05, 4.69) is 61.4 Å². The number of hydrogen-bond acceptors (Lipinski definition) is 8. The fourth-order valence-corrected chi connectivity index (χ4v) is 13.4. The molecule has 2 aromatic heterocycles. The Kier molecular flexibility index (Phi) is 9.63. The van der Waals surface area contributed by atoms with Crippen LogP contribution in [0.3, 0.4) is 0 Å². The molecule has 2 spiro atoms. The van der Waals surface area contributed by atoms with Gasteiger partial charge in [-0.05, 0) is 105 Å². The average Bonchev–Trinajstić information content (AvgIpc) is 3.87. The summed E-state index contributed by atoms with van der Waals surface area (Å²) in [5.41, 5.74) is -0.310. The van der Waals surface area contributed by atoms with E-state index in [0.29, 0.717) is 32.5 Å². The van der Waals surface area contributed by atoms with E-state index in [1.165, 1.54) is 4.88 Å². The third-order valence-corrected chi connectivity index (χ3v) is 16.5. The van der Waals surface area contributed by atoms with Gasteiger partial charge in [0, 0.05) is 51.2 Å². The number of Topliss-reactive ketones (excluding diaryl/α,β-unsaturated/α-hetero) is 1. The number of benzene rings is 1. The van der Waals surface area contributed by atoms with Crippen molar-refractivity contribution in [3.8, 4) is 0 Å². The van der Waals surface area contributed by atoms with Crippen molar-refractivity contribution >= 4 is 28.5 Å². The second-order valence-corrected chi connectivity index (χ2v) is 19.6. The third-order valence-electron chi connectivity index (χ3n) is 14.6. The van der Waals surface area contributed by atoms with Gasteiger partial charge < -0.3 is 20.1 Å². The summed E-state index contributed by atoms with van der Waals surface area (Å²) >= 11 is 3.32. The molecule has 0 radical (unpaired) electrons. The second kappa shape index (κ2) is 13.7. The van der Waals surface area contributed by atoms with Crippen molar-refractivity contribution in [2.24, 2.45) is 33.5 Å². The number of rotatable bonds is 13. The number of carbonyl (C=O) groups excluding carboxylic acids is 1. The number of ether oxygens (including phenoxy) is 1. The number of ketones is 1. The topological polar surface area (TPSA) is 90.2 Å². The van der Waals surface area contributed by atoms with Gasteiger partial charge in [0.2, 0.25) is 0 Å². The fourth-order valence-electron chi connectivity index (χ4n) is 11.9. The first-order chi connectivity index (χ1) is 24.9. The summed E-state index contributed by atoms with van der Waals surface area (Å²) in [6.07, 6.45) is 12.6. The summed E-state index contributed by atoms with van der Waals surface area (Å²) in [7, 11) is 0. The van der Waals surface area contributed by atoms with Crippen LogP contribution in [0.5, 0.6) is 0 Å². The molecule has 2 bridgehead atoms. The monoisotopic (exact) mass is 741 g/mol. The SMILES string of the molecule is Cc1ccc(C(=O)C2=CC34C=CC25C(CCC2(C)C5CCC2(O)CN(CCc2cccs2)CC(O)COCc2ccccc2)C3(C)CCC(O)C4)s1. The molecule has 6 aliphatic rings. The lowest BCUT2D eigenvalue weighted by atomic mass is 9.32. The molecule has 6 aliphatic carbocycles. The highest BCUT2D eigenvalue weighted by Crippen LogP contribution is 2.78. The van der Waals surface area contributed by atoms with Crippen molar-refractivity contribution in [1.82, 2.24) is 4.90 Å². The Morgan fingerprint density at radius 1 is 0.981 bits per heavy atom. The molecule has 9 atom stereocenters. The van der Waals surface area contributed by atoms with E-state index in [-0.39, 0.29) is 41.2 Å². The molecule has 278 valence electrons. The van der Waals surface area contributed by atoms with E-state index in [1.54, 1.807) is 22.7 Å². The normalized spacial score (nSPS) is 36.7. The number of nitrogens with zero attached hydrogens (tertiary/aromatic N) is 1. The van der Waals surface area contributed by atoms with Gasteiger partial charge in [-0.25, -0.2) is 0 Å². The zero-order chi connectivity index (χ0) is 36.4. The van der Waals surface area contributed by atoms with E-state index in [0.717, 1.165) is 66.0 Å². The molecule has 3 aromatic rings. The number of aliphatic hydroxyl groups excluding tert-OH is 2. The molecule has 52 heavy (non-hydrogen) atoms. The smallest absolute Gasteiger partial charge is 0.199 e. The Labute approximate surface area is 317 Å². The molecule has 3 saturated carbocycles. The molecule has 6 nitrogen and oxygen atoms in total. The van der Waals surface area contributed by atoms with Crippen LogP contribution >= 0.6 is 22.7 Å². The zero-order valence-corrected chi connectivity index (χ0v) is 32.6. The molecule has 1 aromatic carbocycles. The maximum atomic E-state index is 14.8. The number of carbonyl (C=O) groups is 1. The number of allylic oxidation sites excluding steroid dienone is 4. The number of thiophene rings is 2. The molecule has 2 heterocycles. The van der Waals surface area contributed by atoms with Gasteiger partial charge in [0.25, 0.3) is 0 Å². The highest BCUT2D eigenvalue weighted by Gasteiger charge is 2.74. The average molecular weight is 742 g/mol. The number of aliphatic hydroxyl groups is 3. The molecule has 9 rings (SSSR count). The standard InChI is InChI=1S/C44H55NO5S2/c1-30-11-12-36(52-30)39(48)35-25-42-20-21-44(35)37(40(42,2)17-13-32(46)24-42)14-18-41(3)38(44)15-19-43(41,49)29-45(22-16-34-10-7-23-51-34)26-33(47)28-50-27-31-8-5-4-6-9-31/h4-12,20-21,23,25,32-33,37-38,46-47,49H,13-19,22,24,26-29H2,1-3H3. The van der Waals surface area contributed by atoms with Crippen molar-refractivity contribution in [1.29, 1.82) is 0 Å². The van der Waals surface area contributed by atoms with Crippen LogP contribution < -0.4 is 0 Å². The minimum atomic E-state index is -0.991. The quantitative estimate of drug-likeness (QED) is 0.122. The van der Waals surface area contributed by atoms with Crippen molar-refractivity contribution in [2.75, 3.05) is 26.2 Å². The Hall–Kier alpha value is -2.43. The van der Waals surface area contributed by atoms with Crippen LogP contribution in [0.2, 0.25) is 0 Å². The van der Waals surface area contributed by atoms with Crippen LogP contribution in [-0.2, 0) is 17.8 Å². The van der Waals surface area contributed by atoms with Crippen molar-refractivity contribution in [3.63, 3.8) is 0 Å². The van der Waals surface area contributed by atoms with Crippen LogP contribution in [0, 0.1) is 40.4 Å². The van der Waals surface area contributed by atoms with Gasteiger partial charge in [0.05, 0.1) is 35.9 Å². The highest BCUT2D eigenvalue weighted by atomic mass is 32.1. The third kappa shape index (κ3) is 5.87. The van der Waals surface area contributed by atoms with Gasteiger partial charge in [-0.3, -0.25) is 9.69 Å². The van der Waals surface area contributed by atoms with Crippen LogP contribution in [0.25, 0.3) is 0 Å². The predicted octanol–water partition coefficient (Wildman–Crippen LogP) is 8.01. The van der Waals surface area contributed by atoms with Gasteiger partial charge in [-0.2, -0.15) is 0 Å². The van der Waals surface area contributed by atoms with Gasteiger partial charge in [-0.1, -0.05) is 68.5 Å². The summed E-state index contributed by atoms with van der Waals surface area (Å²) in [6.45, 7) is 9.10. The Morgan fingerprint density at radius 3 is 2.50 bits per heavy atom. The zero-order valence-electron chi connectivity index (χ0n) is 30.9. The molecule has 3 N–H and O–H groups in total. The molecule has 0 amide bonds. The number of hydrogen-bond donors (Lipinski definition) is 3. The lowest BCUT2D eigenvalue weighted by Crippen LogP contribution is -2.67. The van der Waals surface area contributed by atoms with Gasteiger partial charge >= 0.3 is 0 Å². The molecular formula is C44H55NO5S2. The van der Waals surface area contributed by atoms with Crippen LogP contribution in [0.15, 0.2) is 83.8 Å². The Bertz CT molecular complexity index is 1820. The van der Waals surface area contributed by atoms with E-state index >= 15 is 0 Å². The first-order valence-electron chi connectivity index (χ1n) is 19.4. The molecule has 3 fully saturated rings. The molecule has 0 saturated heterocycles. The first-order valence-corrected chi connectivity index (χ1v) is 21.1. The van der Waals surface area contributed by atoms with Gasteiger partial charge in [0.1, 0.15) is 0 Å². The lowest BCUT2D eigenvalue weighted by molar-refractivity contribution is -0.177. The molecule has 0 aliphatic heterocycles. The maximum absolute atomic E-state index is 14.8. The number of aryl methyl sites for hydroxylation is 1. The van der Waals surface area contributed by atoms with Gasteiger partial charge in [0.15, 0.2) is 5.78 Å². The van der Waals surface area contributed by atoms with Crippen LogP contribution in [0.4, 0.5) is 0 Å². The maximum Gasteiger partial charge on any atom is 0.199 e.